The summed E-state index contributed by atoms with van der Waals surface area (Å²) in [6, 6.07) is 5.68. The summed E-state index contributed by atoms with van der Waals surface area (Å²) in [5.41, 5.74) is 2.02. The van der Waals surface area contributed by atoms with Crippen LogP contribution in [0, 0.1) is 12.8 Å². The summed E-state index contributed by atoms with van der Waals surface area (Å²) in [7, 11) is -3.15. The zero-order valence-corrected chi connectivity index (χ0v) is 14.0. The normalized spacial score (nSPS) is 14.8. The fraction of sp³-hybridized carbons (Fsp3) is 0.625. The lowest BCUT2D eigenvalue weighted by Crippen LogP contribution is -2.22. The highest BCUT2D eigenvalue weighted by molar-refractivity contribution is 7.90. The maximum Gasteiger partial charge on any atom is 0.175 e. The fourth-order valence-corrected chi connectivity index (χ4v) is 2.83. The van der Waals surface area contributed by atoms with Gasteiger partial charge in [-0.05, 0) is 43.4 Å². The number of benzene rings is 1. The number of sulfone groups is 1. The Kier molecular flexibility index (Phi) is 6.06. The topological polar surface area (TPSA) is 46.2 Å². The highest BCUT2D eigenvalue weighted by atomic mass is 32.2. The number of hydrogen-bond acceptors (Lipinski definition) is 3. The number of rotatable bonds is 7. The Labute approximate surface area is 123 Å². The van der Waals surface area contributed by atoms with Crippen molar-refractivity contribution in [1.29, 1.82) is 0 Å². The number of anilines is 1. The van der Waals surface area contributed by atoms with Crippen LogP contribution in [0.5, 0.6) is 0 Å². The van der Waals surface area contributed by atoms with Crippen molar-refractivity contribution in [3.05, 3.63) is 23.8 Å². The molecule has 4 heteroatoms. The third-order valence-corrected chi connectivity index (χ3v) is 4.98. The van der Waals surface area contributed by atoms with Crippen LogP contribution in [0.25, 0.3) is 0 Å². The Morgan fingerprint density at radius 1 is 1.20 bits per heavy atom. The molecule has 0 heterocycles. The number of nitrogens with one attached hydrogen (secondary N) is 1. The van der Waals surface area contributed by atoms with Crippen molar-refractivity contribution in [2.45, 2.75) is 57.9 Å². The Hall–Kier alpha value is -1.03. The molecule has 114 valence electrons. The number of hydrogen-bond donors (Lipinski definition) is 1. The van der Waals surface area contributed by atoms with Crippen molar-refractivity contribution in [3.63, 3.8) is 0 Å². The summed E-state index contributed by atoms with van der Waals surface area (Å²) in [6.45, 7) is 8.62. The largest absolute Gasteiger partial charge is 0.382 e. The quantitative estimate of drug-likeness (QED) is 0.826. The van der Waals surface area contributed by atoms with Crippen molar-refractivity contribution < 1.29 is 8.42 Å². The molecule has 0 radical (unpaired) electrons. The first-order valence-corrected chi connectivity index (χ1v) is 9.24. The molecular formula is C16H27NO2S. The van der Waals surface area contributed by atoms with Crippen LogP contribution in [0.2, 0.25) is 0 Å². The second-order valence-electron chi connectivity index (χ2n) is 5.75. The minimum absolute atomic E-state index is 0.379. The van der Waals surface area contributed by atoms with Gasteiger partial charge in [0.25, 0.3) is 0 Å². The van der Waals surface area contributed by atoms with Crippen LogP contribution in [-0.4, -0.2) is 20.7 Å². The first kappa shape index (κ1) is 17.0. The van der Waals surface area contributed by atoms with Gasteiger partial charge >= 0.3 is 0 Å². The van der Waals surface area contributed by atoms with E-state index in [2.05, 4.69) is 26.1 Å². The van der Waals surface area contributed by atoms with Gasteiger partial charge < -0.3 is 5.32 Å². The molecule has 1 rings (SSSR count). The Morgan fingerprint density at radius 2 is 1.85 bits per heavy atom. The molecule has 0 bridgehead atoms. The molecule has 0 amide bonds. The van der Waals surface area contributed by atoms with E-state index < -0.39 is 9.84 Å². The smallest absolute Gasteiger partial charge is 0.175 e. The molecule has 1 aromatic rings. The van der Waals surface area contributed by atoms with Gasteiger partial charge in [-0.1, -0.05) is 33.3 Å². The van der Waals surface area contributed by atoms with Gasteiger partial charge in [-0.25, -0.2) is 8.42 Å². The Balaban J connectivity index is 2.95. The van der Waals surface area contributed by atoms with E-state index >= 15 is 0 Å². The van der Waals surface area contributed by atoms with Crippen LogP contribution in [0.1, 0.15) is 45.6 Å². The molecule has 0 aliphatic rings. The van der Waals surface area contributed by atoms with E-state index in [0.29, 0.717) is 16.9 Å². The van der Waals surface area contributed by atoms with Crippen molar-refractivity contribution in [1.82, 2.24) is 0 Å². The van der Waals surface area contributed by atoms with Crippen molar-refractivity contribution >= 4 is 15.5 Å². The van der Waals surface area contributed by atoms with Crippen LogP contribution in [0.4, 0.5) is 5.69 Å². The first-order chi connectivity index (χ1) is 9.27. The Morgan fingerprint density at radius 3 is 2.35 bits per heavy atom. The summed E-state index contributed by atoms with van der Waals surface area (Å²) in [5.74, 6) is 0.672. The minimum atomic E-state index is -3.15. The molecule has 0 aliphatic carbocycles. The van der Waals surface area contributed by atoms with Gasteiger partial charge in [0, 0.05) is 18.0 Å². The lowest BCUT2D eigenvalue weighted by atomic mass is 9.97. The highest BCUT2D eigenvalue weighted by Crippen LogP contribution is 2.23. The second-order valence-corrected chi connectivity index (χ2v) is 7.76. The van der Waals surface area contributed by atoms with E-state index in [1.165, 1.54) is 12.7 Å². The maximum atomic E-state index is 11.6. The van der Waals surface area contributed by atoms with Gasteiger partial charge in [-0.3, -0.25) is 0 Å². The van der Waals surface area contributed by atoms with Crippen LogP contribution < -0.4 is 5.32 Å². The van der Waals surface area contributed by atoms with Gasteiger partial charge in [-0.15, -0.1) is 0 Å². The zero-order valence-electron chi connectivity index (χ0n) is 13.2. The van der Waals surface area contributed by atoms with Crippen LogP contribution in [0.15, 0.2) is 23.1 Å². The standard InChI is InChI=1S/C16H27NO2S/c1-6-12(3)10-14(7-2)17-16-11-15(20(5,18)19)9-8-13(16)4/h8-9,11-12,14,17H,6-7,10H2,1-5H3. The Bertz CT molecular complexity index is 537. The average Bonchev–Trinajstić information content (AvgIpc) is 2.38. The monoisotopic (exact) mass is 297 g/mol. The van der Waals surface area contributed by atoms with Crippen LogP contribution in [0.3, 0.4) is 0 Å². The van der Waals surface area contributed by atoms with E-state index in [1.807, 2.05) is 13.0 Å². The molecule has 0 aliphatic heterocycles. The van der Waals surface area contributed by atoms with Gasteiger partial charge in [0.1, 0.15) is 0 Å². The summed E-state index contributed by atoms with van der Waals surface area (Å²) < 4.78 is 23.3. The van der Waals surface area contributed by atoms with Crippen molar-refractivity contribution in [2.75, 3.05) is 11.6 Å². The predicted octanol–water partition coefficient (Wildman–Crippen LogP) is 4.03. The van der Waals surface area contributed by atoms with Crippen LogP contribution >= 0.6 is 0 Å². The molecule has 1 N–H and O–H groups in total. The van der Waals surface area contributed by atoms with E-state index in [9.17, 15) is 8.42 Å². The molecule has 20 heavy (non-hydrogen) atoms. The molecular weight excluding hydrogens is 270 g/mol. The summed E-state index contributed by atoms with van der Waals surface area (Å²) in [6.07, 6.45) is 4.56. The molecule has 0 saturated heterocycles. The third kappa shape index (κ3) is 4.82. The van der Waals surface area contributed by atoms with Gasteiger partial charge in [-0.2, -0.15) is 0 Å². The molecule has 0 saturated carbocycles. The lowest BCUT2D eigenvalue weighted by molar-refractivity contribution is 0.461. The van der Waals surface area contributed by atoms with Crippen molar-refractivity contribution in [3.8, 4) is 0 Å². The van der Waals surface area contributed by atoms with E-state index in [4.69, 9.17) is 0 Å². The summed E-state index contributed by atoms with van der Waals surface area (Å²) in [4.78, 5) is 0.379. The zero-order chi connectivity index (χ0) is 15.3. The lowest BCUT2D eigenvalue weighted by Gasteiger charge is -2.23. The SMILES string of the molecule is CCC(C)CC(CC)Nc1cc(S(C)(=O)=O)ccc1C. The summed E-state index contributed by atoms with van der Waals surface area (Å²) in [5, 5.41) is 3.51. The molecule has 1 aromatic carbocycles. The molecule has 2 unspecified atom stereocenters. The van der Waals surface area contributed by atoms with Gasteiger partial charge in [0.15, 0.2) is 9.84 Å². The first-order valence-electron chi connectivity index (χ1n) is 7.35. The maximum absolute atomic E-state index is 11.6. The fourth-order valence-electron chi connectivity index (χ4n) is 2.19. The molecule has 0 fully saturated rings. The minimum Gasteiger partial charge on any atom is -0.382 e. The summed E-state index contributed by atoms with van der Waals surface area (Å²) >= 11 is 0. The van der Waals surface area contributed by atoms with E-state index in [-0.39, 0.29) is 0 Å². The van der Waals surface area contributed by atoms with Crippen LogP contribution in [-0.2, 0) is 9.84 Å². The predicted molar refractivity (Wildman–Crippen MR) is 86.1 cm³/mol. The number of aryl methyl sites for hydroxylation is 1. The van der Waals surface area contributed by atoms with E-state index in [0.717, 1.165) is 24.1 Å². The molecule has 3 nitrogen and oxygen atoms in total. The van der Waals surface area contributed by atoms with Gasteiger partial charge in [0.05, 0.1) is 4.90 Å². The molecule has 0 spiro atoms. The highest BCUT2D eigenvalue weighted by Gasteiger charge is 2.14. The molecule has 2 atom stereocenters. The van der Waals surface area contributed by atoms with Gasteiger partial charge in [0.2, 0.25) is 0 Å². The third-order valence-electron chi connectivity index (χ3n) is 3.87. The average molecular weight is 297 g/mol. The molecule has 0 aromatic heterocycles. The van der Waals surface area contributed by atoms with E-state index in [1.54, 1.807) is 12.1 Å². The van der Waals surface area contributed by atoms with Crippen molar-refractivity contribution in [2.24, 2.45) is 5.92 Å². The second kappa shape index (κ2) is 7.11.